The molecule has 0 atom stereocenters. The molecule has 0 saturated carbocycles. The summed E-state index contributed by atoms with van der Waals surface area (Å²) in [4.78, 5) is 13.9. The van der Waals surface area contributed by atoms with Gasteiger partial charge < -0.3 is 5.32 Å². The maximum Gasteiger partial charge on any atom is 0.243 e. The zero-order chi connectivity index (χ0) is 21.6. The van der Waals surface area contributed by atoms with Gasteiger partial charge in [0.25, 0.3) is 0 Å². The SMILES string of the molecule is CSc1ccccc1NC(=O)CN(Cc1ccccc1)S(=O)(=O)c1ccc(C)cc1. The standard InChI is InChI=1S/C23H24N2O3S2/c1-18-12-14-20(15-13-18)30(27,28)25(16-19-8-4-3-5-9-19)17-23(26)24-21-10-6-7-11-22(21)29-2/h3-15H,16-17H2,1-2H3,(H,24,26). The smallest absolute Gasteiger partial charge is 0.243 e. The number of nitrogens with zero attached hydrogens (tertiary/aromatic N) is 1. The van der Waals surface area contributed by atoms with E-state index in [-0.39, 0.29) is 23.9 Å². The molecule has 3 aromatic rings. The highest BCUT2D eigenvalue weighted by atomic mass is 32.2. The third-order valence-corrected chi connectivity index (χ3v) is 7.16. The number of para-hydroxylation sites is 1. The van der Waals surface area contributed by atoms with E-state index >= 15 is 0 Å². The van der Waals surface area contributed by atoms with Gasteiger partial charge in [-0.25, -0.2) is 8.42 Å². The summed E-state index contributed by atoms with van der Waals surface area (Å²) >= 11 is 1.52. The zero-order valence-electron chi connectivity index (χ0n) is 16.9. The van der Waals surface area contributed by atoms with Crippen molar-refractivity contribution in [2.45, 2.75) is 23.3 Å². The molecule has 0 aromatic heterocycles. The molecule has 0 aliphatic carbocycles. The molecule has 0 aliphatic heterocycles. The lowest BCUT2D eigenvalue weighted by atomic mass is 10.2. The van der Waals surface area contributed by atoms with Crippen LogP contribution in [0.15, 0.2) is 88.7 Å². The fourth-order valence-electron chi connectivity index (χ4n) is 2.97. The van der Waals surface area contributed by atoms with E-state index in [1.807, 2.05) is 61.7 Å². The summed E-state index contributed by atoms with van der Waals surface area (Å²) in [5.41, 5.74) is 2.45. The average Bonchev–Trinajstić information content (AvgIpc) is 2.74. The zero-order valence-corrected chi connectivity index (χ0v) is 18.5. The van der Waals surface area contributed by atoms with Gasteiger partial charge in [-0.15, -0.1) is 11.8 Å². The Morgan fingerprint density at radius 3 is 2.23 bits per heavy atom. The first-order chi connectivity index (χ1) is 14.4. The summed E-state index contributed by atoms with van der Waals surface area (Å²) in [6.45, 7) is 1.72. The van der Waals surface area contributed by atoms with Crippen molar-refractivity contribution in [3.63, 3.8) is 0 Å². The van der Waals surface area contributed by atoms with Crippen molar-refractivity contribution in [1.29, 1.82) is 0 Å². The Hall–Kier alpha value is -2.61. The molecule has 156 valence electrons. The van der Waals surface area contributed by atoms with Crippen molar-refractivity contribution in [3.05, 3.63) is 90.0 Å². The fraction of sp³-hybridized carbons (Fsp3) is 0.174. The van der Waals surface area contributed by atoms with Gasteiger partial charge in [0, 0.05) is 11.4 Å². The lowest BCUT2D eigenvalue weighted by Gasteiger charge is -2.22. The first kappa shape index (κ1) is 22.1. The number of thioether (sulfide) groups is 1. The summed E-state index contributed by atoms with van der Waals surface area (Å²) < 4.78 is 27.8. The van der Waals surface area contributed by atoms with Crippen molar-refractivity contribution in [2.24, 2.45) is 0 Å². The number of amides is 1. The number of hydrogen-bond acceptors (Lipinski definition) is 4. The summed E-state index contributed by atoms with van der Waals surface area (Å²) in [5.74, 6) is -0.386. The maximum atomic E-state index is 13.3. The molecule has 0 fully saturated rings. The van der Waals surface area contributed by atoms with Gasteiger partial charge in [-0.1, -0.05) is 60.2 Å². The van der Waals surface area contributed by atoms with E-state index in [9.17, 15) is 13.2 Å². The van der Waals surface area contributed by atoms with Crippen LogP contribution in [-0.2, 0) is 21.4 Å². The second-order valence-electron chi connectivity index (χ2n) is 6.82. The Kier molecular flexibility index (Phi) is 7.31. The van der Waals surface area contributed by atoms with E-state index in [0.29, 0.717) is 5.69 Å². The van der Waals surface area contributed by atoms with E-state index in [2.05, 4.69) is 5.32 Å². The number of benzene rings is 3. The van der Waals surface area contributed by atoms with Gasteiger partial charge >= 0.3 is 0 Å². The number of aryl methyl sites for hydroxylation is 1. The third-order valence-electron chi connectivity index (χ3n) is 4.56. The van der Waals surface area contributed by atoms with Crippen LogP contribution < -0.4 is 5.32 Å². The number of anilines is 1. The summed E-state index contributed by atoms with van der Waals surface area (Å²) in [6, 6.07) is 23.3. The fourth-order valence-corrected chi connectivity index (χ4v) is 4.91. The van der Waals surface area contributed by atoms with Crippen LogP contribution in [0.25, 0.3) is 0 Å². The molecule has 0 saturated heterocycles. The van der Waals surface area contributed by atoms with Gasteiger partial charge in [0.1, 0.15) is 0 Å². The second kappa shape index (κ2) is 9.93. The van der Waals surface area contributed by atoms with Gasteiger partial charge in [-0.2, -0.15) is 4.31 Å². The van der Waals surface area contributed by atoms with E-state index in [4.69, 9.17) is 0 Å². The van der Waals surface area contributed by atoms with Gasteiger partial charge in [0.2, 0.25) is 15.9 Å². The minimum absolute atomic E-state index is 0.106. The molecule has 0 radical (unpaired) electrons. The number of rotatable bonds is 8. The highest BCUT2D eigenvalue weighted by Gasteiger charge is 2.27. The van der Waals surface area contributed by atoms with Crippen LogP contribution in [0.2, 0.25) is 0 Å². The van der Waals surface area contributed by atoms with E-state index in [1.54, 1.807) is 30.3 Å². The Morgan fingerprint density at radius 1 is 0.933 bits per heavy atom. The number of sulfonamides is 1. The number of hydrogen-bond donors (Lipinski definition) is 1. The van der Waals surface area contributed by atoms with Crippen molar-refractivity contribution in [2.75, 3.05) is 18.1 Å². The van der Waals surface area contributed by atoms with Crippen LogP contribution in [0.5, 0.6) is 0 Å². The molecule has 5 nitrogen and oxygen atoms in total. The van der Waals surface area contributed by atoms with Crippen LogP contribution >= 0.6 is 11.8 Å². The van der Waals surface area contributed by atoms with Crippen molar-refractivity contribution in [3.8, 4) is 0 Å². The lowest BCUT2D eigenvalue weighted by molar-refractivity contribution is -0.116. The molecular formula is C23H24N2O3S2. The molecule has 1 amide bonds. The molecule has 30 heavy (non-hydrogen) atoms. The van der Waals surface area contributed by atoms with Crippen molar-refractivity contribution < 1.29 is 13.2 Å². The Balaban J connectivity index is 1.87. The Morgan fingerprint density at radius 2 is 1.57 bits per heavy atom. The van der Waals surface area contributed by atoms with Gasteiger partial charge in [-0.05, 0) is 43.0 Å². The van der Waals surface area contributed by atoms with Crippen LogP contribution in [0.4, 0.5) is 5.69 Å². The highest BCUT2D eigenvalue weighted by molar-refractivity contribution is 7.98. The maximum absolute atomic E-state index is 13.3. The molecule has 3 rings (SSSR count). The minimum atomic E-state index is -3.85. The highest BCUT2D eigenvalue weighted by Crippen LogP contribution is 2.25. The quantitative estimate of drug-likeness (QED) is 0.522. The predicted octanol–water partition coefficient (Wildman–Crippen LogP) is 4.55. The molecule has 0 bridgehead atoms. The molecule has 3 aromatic carbocycles. The predicted molar refractivity (Wildman–Crippen MR) is 122 cm³/mol. The third kappa shape index (κ3) is 5.50. The average molecular weight is 441 g/mol. The normalized spacial score (nSPS) is 11.4. The largest absolute Gasteiger partial charge is 0.324 e. The first-order valence-electron chi connectivity index (χ1n) is 9.44. The first-order valence-corrected chi connectivity index (χ1v) is 12.1. The molecule has 7 heteroatoms. The number of nitrogens with one attached hydrogen (secondary N) is 1. The van der Waals surface area contributed by atoms with Crippen LogP contribution in [0, 0.1) is 6.92 Å². The van der Waals surface area contributed by atoms with Crippen LogP contribution in [0.1, 0.15) is 11.1 Å². The van der Waals surface area contributed by atoms with E-state index in [0.717, 1.165) is 16.0 Å². The lowest BCUT2D eigenvalue weighted by Crippen LogP contribution is -2.37. The molecule has 0 heterocycles. The van der Waals surface area contributed by atoms with Gasteiger partial charge in [0.05, 0.1) is 17.1 Å². The van der Waals surface area contributed by atoms with Crippen LogP contribution in [-0.4, -0.2) is 31.4 Å². The monoisotopic (exact) mass is 440 g/mol. The Labute approximate surface area is 182 Å². The summed E-state index contributed by atoms with van der Waals surface area (Å²) in [7, 11) is -3.85. The van der Waals surface area contributed by atoms with Crippen molar-refractivity contribution in [1.82, 2.24) is 4.31 Å². The summed E-state index contributed by atoms with van der Waals surface area (Å²) in [6.07, 6.45) is 1.93. The van der Waals surface area contributed by atoms with Crippen LogP contribution in [0.3, 0.4) is 0 Å². The second-order valence-corrected chi connectivity index (χ2v) is 9.61. The molecular weight excluding hydrogens is 416 g/mol. The number of carbonyl (C=O) groups excluding carboxylic acids is 1. The topological polar surface area (TPSA) is 66.5 Å². The number of carbonyl (C=O) groups is 1. The molecule has 0 unspecified atom stereocenters. The Bertz CT molecular complexity index is 1100. The molecule has 1 N–H and O–H groups in total. The minimum Gasteiger partial charge on any atom is -0.324 e. The summed E-state index contributed by atoms with van der Waals surface area (Å²) in [5, 5.41) is 2.84. The van der Waals surface area contributed by atoms with Crippen molar-refractivity contribution >= 4 is 33.4 Å². The van der Waals surface area contributed by atoms with Gasteiger partial charge in [-0.3, -0.25) is 4.79 Å². The molecule has 0 spiro atoms. The van der Waals surface area contributed by atoms with Gasteiger partial charge in [0.15, 0.2) is 0 Å². The molecule has 0 aliphatic rings. The van der Waals surface area contributed by atoms with E-state index < -0.39 is 10.0 Å². The van der Waals surface area contributed by atoms with E-state index in [1.165, 1.54) is 16.1 Å².